The molecule has 0 spiro atoms. The molecule has 1 atom stereocenters. The second kappa shape index (κ2) is 6.26. The van der Waals surface area contributed by atoms with Gasteiger partial charge < -0.3 is 10.4 Å². The number of carboxylic acid groups (broad SMARTS) is 1. The van der Waals surface area contributed by atoms with Gasteiger partial charge in [-0.05, 0) is 30.5 Å². The summed E-state index contributed by atoms with van der Waals surface area (Å²) in [6, 6.07) is 6.18. The molecule has 1 aromatic carbocycles. The Balaban J connectivity index is 2.01. The maximum atomic E-state index is 12.0. The van der Waals surface area contributed by atoms with Gasteiger partial charge in [0.15, 0.2) is 9.84 Å². The van der Waals surface area contributed by atoms with Crippen molar-refractivity contribution in [2.75, 3.05) is 5.75 Å². The van der Waals surface area contributed by atoms with Crippen molar-refractivity contribution in [1.29, 1.82) is 0 Å². The number of hydrogen-bond donors (Lipinski definition) is 2. The highest BCUT2D eigenvalue weighted by atomic mass is 32.2. The lowest BCUT2D eigenvalue weighted by molar-refractivity contribution is -0.121. The molecule has 1 unspecified atom stereocenters. The molecule has 1 aliphatic rings. The number of carbonyl (C=O) groups excluding carboxylic acids is 1. The van der Waals surface area contributed by atoms with Crippen molar-refractivity contribution in [3.8, 4) is 0 Å². The molecule has 1 heterocycles. The van der Waals surface area contributed by atoms with Gasteiger partial charge in [-0.25, -0.2) is 13.2 Å². The number of carboxylic acids is 1. The summed E-state index contributed by atoms with van der Waals surface area (Å²) in [5, 5.41) is 10.5. The first kappa shape index (κ1) is 15.5. The Morgan fingerprint density at radius 2 is 2.05 bits per heavy atom. The average Bonchev–Trinajstić information content (AvgIpc) is 2.44. The van der Waals surface area contributed by atoms with Gasteiger partial charge in [0.05, 0.1) is 11.3 Å². The average molecular weight is 311 g/mol. The van der Waals surface area contributed by atoms with E-state index in [4.69, 9.17) is 5.11 Å². The van der Waals surface area contributed by atoms with Crippen molar-refractivity contribution in [1.82, 2.24) is 5.32 Å². The fourth-order valence-corrected chi connectivity index (χ4v) is 4.19. The van der Waals surface area contributed by atoms with Crippen molar-refractivity contribution in [3.63, 3.8) is 0 Å². The Labute approximate surface area is 123 Å². The maximum absolute atomic E-state index is 12.0. The molecule has 114 valence electrons. The minimum atomic E-state index is -3.35. The van der Waals surface area contributed by atoms with Gasteiger partial charge in [0.25, 0.3) is 0 Å². The molecule has 1 saturated heterocycles. The first-order valence-electron chi connectivity index (χ1n) is 6.71. The molecular formula is C14H17NO5S. The molecule has 0 aromatic heterocycles. The molecule has 21 heavy (non-hydrogen) atoms. The lowest BCUT2D eigenvalue weighted by Gasteiger charge is -2.21. The summed E-state index contributed by atoms with van der Waals surface area (Å²) in [7, 11) is -3.35. The Hall–Kier alpha value is -1.89. The van der Waals surface area contributed by atoms with E-state index < -0.39 is 27.0 Å². The second-order valence-electron chi connectivity index (χ2n) is 5.07. The van der Waals surface area contributed by atoms with Crippen LogP contribution in [-0.2, 0) is 21.2 Å². The van der Waals surface area contributed by atoms with Gasteiger partial charge in [0.2, 0.25) is 5.91 Å². The van der Waals surface area contributed by atoms with Gasteiger partial charge in [0.1, 0.15) is 5.25 Å². The number of benzene rings is 1. The van der Waals surface area contributed by atoms with Crippen LogP contribution >= 0.6 is 0 Å². The third-order valence-corrected chi connectivity index (χ3v) is 5.69. The van der Waals surface area contributed by atoms with Crippen LogP contribution in [0.2, 0.25) is 0 Å². The van der Waals surface area contributed by atoms with Crippen LogP contribution in [0.4, 0.5) is 0 Å². The summed E-state index contributed by atoms with van der Waals surface area (Å²) < 4.78 is 23.7. The van der Waals surface area contributed by atoms with Crippen LogP contribution in [0.5, 0.6) is 0 Å². The van der Waals surface area contributed by atoms with Crippen molar-refractivity contribution in [2.24, 2.45) is 0 Å². The monoisotopic (exact) mass is 311 g/mol. The van der Waals surface area contributed by atoms with E-state index in [1.165, 1.54) is 12.1 Å². The van der Waals surface area contributed by atoms with Crippen LogP contribution in [0.1, 0.15) is 35.2 Å². The molecule has 0 saturated carbocycles. The van der Waals surface area contributed by atoms with E-state index in [0.717, 1.165) is 6.42 Å². The van der Waals surface area contributed by atoms with Gasteiger partial charge in [-0.3, -0.25) is 4.79 Å². The number of aromatic carboxylic acids is 1. The fraction of sp³-hybridized carbons (Fsp3) is 0.429. The molecule has 1 amide bonds. The topological polar surface area (TPSA) is 101 Å². The molecule has 0 bridgehead atoms. The second-order valence-corrected chi connectivity index (χ2v) is 7.38. The first-order chi connectivity index (χ1) is 9.90. The van der Waals surface area contributed by atoms with Crippen molar-refractivity contribution in [3.05, 3.63) is 35.4 Å². The zero-order chi connectivity index (χ0) is 15.5. The van der Waals surface area contributed by atoms with Crippen molar-refractivity contribution < 1.29 is 23.1 Å². The van der Waals surface area contributed by atoms with Crippen LogP contribution in [0.25, 0.3) is 0 Å². The Bertz CT molecular complexity index is 653. The predicted molar refractivity (Wildman–Crippen MR) is 76.7 cm³/mol. The lowest BCUT2D eigenvalue weighted by Crippen LogP contribution is -2.42. The van der Waals surface area contributed by atoms with E-state index in [9.17, 15) is 18.0 Å². The SMILES string of the molecule is O=C(O)c1cccc(CNC(=O)C2CCCCS2(=O)=O)c1. The summed E-state index contributed by atoms with van der Waals surface area (Å²) in [4.78, 5) is 22.9. The minimum absolute atomic E-state index is 0.0551. The molecule has 2 rings (SSSR count). The van der Waals surface area contributed by atoms with Crippen LogP contribution in [-0.4, -0.2) is 36.4 Å². The highest BCUT2D eigenvalue weighted by molar-refractivity contribution is 7.92. The van der Waals surface area contributed by atoms with Gasteiger partial charge >= 0.3 is 5.97 Å². The number of hydrogen-bond acceptors (Lipinski definition) is 4. The number of amides is 1. The standard InChI is InChI=1S/C14H17NO5S/c16-13(12-6-1-2-7-21(12,19)20)15-9-10-4-3-5-11(8-10)14(17)18/h3-5,8,12H,1-2,6-7,9H2,(H,15,16)(H,17,18). The summed E-state index contributed by atoms with van der Waals surface area (Å²) >= 11 is 0. The van der Waals surface area contributed by atoms with Gasteiger partial charge in [0, 0.05) is 6.54 Å². The third-order valence-electron chi connectivity index (χ3n) is 3.51. The number of nitrogens with one attached hydrogen (secondary N) is 1. The van der Waals surface area contributed by atoms with Crippen LogP contribution in [0.3, 0.4) is 0 Å². The predicted octanol–water partition coefficient (Wildman–Crippen LogP) is 0.968. The Morgan fingerprint density at radius 3 is 2.71 bits per heavy atom. The number of carbonyl (C=O) groups is 2. The molecule has 0 aliphatic carbocycles. The zero-order valence-corrected chi connectivity index (χ0v) is 12.2. The van der Waals surface area contributed by atoms with E-state index in [1.54, 1.807) is 12.1 Å². The normalized spacial score (nSPS) is 20.7. The Kier molecular flexibility index (Phi) is 4.62. The van der Waals surface area contributed by atoms with E-state index in [0.29, 0.717) is 18.4 Å². The first-order valence-corrected chi connectivity index (χ1v) is 8.43. The van der Waals surface area contributed by atoms with E-state index >= 15 is 0 Å². The van der Waals surface area contributed by atoms with Crippen LogP contribution in [0, 0.1) is 0 Å². The zero-order valence-electron chi connectivity index (χ0n) is 11.4. The quantitative estimate of drug-likeness (QED) is 0.863. The van der Waals surface area contributed by atoms with Crippen molar-refractivity contribution in [2.45, 2.75) is 31.1 Å². The third kappa shape index (κ3) is 3.81. The minimum Gasteiger partial charge on any atom is -0.478 e. The summed E-state index contributed by atoms with van der Waals surface area (Å²) in [5.74, 6) is -1.49. The van der Waals surface area contributed by atoms with Gasteiger partial charge in [-0.2, -0.15) is 0 Å². The van der Waals surface area contributed by atoms with E-state index in [-0.39, 0.29) is 17.9 Å². The molecular weight excluding hydrogens is 294 g/mol. The Morgan fingerprint density at radius 1 is 1.29 bits per heavy atom. The highest BCUT2D eigenvalue weighted by Crippen LogP contribution is 2.19. The molecule has 0 radical (unpaired) electrons. The lowest BCUT2D eigenvalue weighted by atomic mass is 10.1. The van der Waals surface area contributed by atoms with Crippen molar-refractivity contribution >= 4 is 21.7 Å². The molecule has 1 aliphatic heterocycles. The van der Waals surface area contributed by atoms with E-state index in [2.05, 4.69) is 5.32 Å². The largest absolute Gasteiger partial charge is 0.478 e. The van der Waals surface area contributed by atoms with Gasteiger partial charge in [-0.15, -0.1) is 0 Å². The fourth-order valence-electron chi connectivity index (χ4n) is 2.37. The molecule has 1 aromatic rings. The molecule has 7 heteroatoms. The smallest absolute Gasteiger partial charge is 0.335 e. The number of rotatable bonds is 4. The highest BCUT2D eigenvalue weighted by Gasteiger charge is 2.34. The number of sulfone groups is 1. The summed E-state index contributed by atoms with van der Waals surface area (Å²) in [6.07, 6.45) is 1.68. The van der Waals surface area contributed by atoms with E-state index in [1.807, 2.05) is 0 Å². The van der Waals surface area contributed by atoms with Gasteiger partial charge in [-0.1, -0.05) is 18.6 Å². The summed E-state index contributed by atoms with van der Waals surface area (Å²) in [5.41, 5.74) is 0.753. The van der Waals surface area contributed by atoms with Crippen LogP contribution < -0.4 is 5.32 Å². The molecule has 2 N–H and O–H groups in total. The maximum Gasteiger partial charge on any atom is 0.335 e. The molecule has 6 nitrogen and oxygen atoms in total. The van der Waals surface area contributed by atoms with Crippen LogP contribution in [0.15, 0.2) is 24.3 Å². The molecule has 1 fully saturated rings. The summed E-state index contributed by atoms with van der Waals surface area (Å²) in [6.45, 7) is 0.117.